The Morgan fingerprint density at radius 2 is 2.24 bits per heavy atom. The van der Waals surface area contributed by atoms with Gasteiger partial charge in [0.15, 0.2) is 0 Å². The standard InChI is InChI=1S/C16H20FNO3/c1-11-10-21-12(2)8-18(11)9-14-5-13(3-4-16(19)20)6-15(17)7-14/h3-7,11-12H,8-10H2,1-2H3,(H,19,20). The number of benzene rings is 1. The van der Waals surface area contributed by atoms with Crippen LogP contribution < -0.4 is 0 Å². The van der Waals surface area contributed by atoms with Crippen molar-refractivity contribution in [2.45, 2.75) is 32.5 Å². The van der Waals surface area contributed by atoms with Crippen LogP contribution in [0.5, 0.6) is 0 Å². The molecule has 1 saturated heterocycles. The van der Waals surface area contributed by atoms with Crippen molar-refractivity contribution < 1.29 is 19.0 Å². The molecule has 2 atom stereocenters. The first-order valence-corrected chi connectivity index (χ1v) is 7.00. The van der Waals surface area contributed by atoms with Crippen molar-refractivity contribution in [3.05, 3.63) is 41.2 Å². The molecule has 1 aliphatic heterocycles. The second kappa shape index (κ2) is 6.83. The second-order valence-corrected chi connectivity index (χ2v) is 5.49. The molecule has 114 valence electrons. The molecule has 21 heavy (non-hydrogen) atoms. The molecule has 0 saturated carbocycles. The maximum atomic E-state index is 13.7. The summed E-state index contributed by atoms with van der Waals surface area (Å²) in [5.41, 5.74) is 1.39. The average Bonchev–Trinajstić information content (AvgIpc) is 2.40. The van der Waals surface area contributed by atoms with Crippen LogP contribution in [0.3, 0.4) is 0 Å². The van der Waals surface area contributed by atoms with Gasteiger partial charge in [0.1, 0.15) is 5.82 Å². The fourth-order valence-corrected chi connectivity index (χ4v) is 2.46. The Morgan fingerprint density at radius 3 is 2.95 bits per heavy atom. The van der Waals surface area contributed by atoms with Gasteiger partial charge in [0.25, 0.3) is 0 Å². The lowest BCUT2D eigenvalue weighted by Gasteiger charge is -2.36. The third-order valence-electron chi connectivity index (χ3n) is 3.52. The molecule has 0 aromatic heterocycles. The van der Waals surface area contributed by atoms with Gasteiger partial charge in [-0.25, -0.2) is 9.18 Å². The molecule has 1 aromatic carbocycles. The number of carbonyl (C=O) groups is 1. The van der Waals surface area contributed by atoms with Gasteiger partial charge in [0.05, 0.1) is 12.7 Å². The van der Waals surface area contributed by atoms with Crippen LogP contribution in [-0.2, 0) is 16.1 Å². The van der Waals surface area contributed by atoms with Crippen molar-refractivity contribution >= 4 is 12.0 Å². The number of nitrogens with zero attached hydrogens (tertiary/aromatic N) is 1. The minimum Gasteiger partial charge on any atom is -0.478 e. The smallest absolute Gasteiger partial charge is 0.328 e. The summed E-state index contributed by atoms with van der Waals surface area (Å²) in [6.07, 6.45) is 2.58. The van der Waals surface area contributed by atoms with E-state index in [9.17, 15) is 9.18 Å². The van der Waals surface area contributed by atoms with Crippen molar-refractivity contribution in [1.82, 2.24) is 4.90 Å². The zero-order valence-corrected chi connectivity index (χ0v) is 12.3. The first-order valence-electron chi connectivity index (χ1n) is 7.00. The van der Waals surface area contributed by atoms with Gasteiger partial charge in [0, 0.05) is 25.2 Å². The average molecular weight is 293 g/mol. The molecule has 1 heterocycles. The molecule has 0 aliphatic carbocycles. The monoisotopic (exact) mass is 293 g/mol. The molecule has 0 amide bonds. The summed E-state index contributed by atoms with van der Waals surface area (Å²) in [5.74, 6) is -1.40. The Bertz CT molecular complexity index is 544. The van der Waals surface area contributed by atoms with Crippen LogP contribution in [0.1, 0.15) is 25.0 Å². The van der Waals surface area contributed by atoms with Gasteiger partial charge in [-0.3, -0.25) is 4.90 Å². The van der Waals surface area contributed by atoms with Crippen molar-refractivity contribution in [1.29, 1.82) is 0 Å². The summed E-state index contributed by atoms with van der Waals surface area (Å²) in [6.45, 7) is 6.20. The van der Waals surface area contributed by atoms with Crippen molar-refractivity contribution in [3.63, 3.8) is 0 Å². The largest absolute Gasteiger partial charge is 0.478 e. The third-order valence-corrected chi connectivity index (χ3v) is 3.52. The molecule has 2 rings (SSSR count). The molecule has 0 radical (unpaired) electrons. The van der Waals surface area contributed by atoms with E-state index >= 15 is 0 Å². The molecule has 5 heteroatoms. The Balaban J connectivity index is 2.14. The zero-order chi connectivity index (χ0) is 15.4. The minimum absolute atomic E-state index is 0.168. The summed E-state index contributed by atoms with van der Waals surface area (Å²) in [6, 6.07) is 4.91. The minimum atomic E-state index is -1.04. The summed E-state index contributed by atoms with van der Waals surface area (Å²) in [4.78, 5) is 12.8. The second-order valence-electron chi connectivity index (χ2n) is 5.49. The summed E-state index contributed by atoms with van der Waals surface area (Å²) < 4.78 is 19.2. The van der Waals surface area contributed by atoms with Gasteiger partial charge >= 0.3 is 5.97 Å². The molecular formula is C16H20FNO3. The maximum absolute atomic E-state index is 13.7. The molecular weight excluding hydrogens is 273 g/mol. The van der Waals surface area contributed by atoms with E-state index in [1.54, 1.807) is 0 Å². The summed E-state index contributed by atoms with van der Waals surface area (Å²) in [5, 5.41) is 8.64. The number of carboxylic acids is 1. The Kier molecular flexibility index (Phi) is 5.09. The summed E-state index contributed by atoms with van der Waals surface area (Å²) >= 11 is 0. The fourth-order valence-electron chi connectivity index (χ4n) is 2.46. The normalized spacial score (nSPS) is 23.6. The van der Waals surface area contributed by atoms with Crippen molar-refractivity contribution in [3.8, 4) is 0 Å². The maximum Gasteiger partial charge on any atom is 0.328 e. The molecule has 0 bridgehead atoms. The van der Waals surface area contributed by atoms with E-state index in [0.717, 1.165) is 18.2 Å². The van der Waals surface area contributed by atoms with Gasteiger partial charge in [0.2, 0.25) is 0 Å². The van der Waals surface area contributed by atoms with Gasteiger partial charge in [-0.15, -0.1) is 0 Å². The van der Waals surface area contributed by atoms with E-state index < -0.39 is 5.97 Å². The van der Waals surface area contributed by atoms with Crippen LogP contribution in [0.15, 0.2) is 24.3 Å². The zero-order valence-electron chi connectivity index (χ0n) is 12.3. The first-order chi connectivity index (χ1) is 9.94. The van der Waals surface area contributed by atoms with Crippen LogP contribution in [0.4, 0.5) is 4.39 Å². The van der Waals surface area contributed by atoms with Gasteiger partial charge in [-0.2, -0.15) is 0 Å². The lowest BCUT2D eigenvalue weighted by molar-refractivity contribution is -0.131. The molecule has 0 spiro atoms. The van der Waals surface area contributed by atoms with E-state index in [1.807, 2.05) is 13.0 Å². The number of hydrogen-bond donors (Lipinski definition) is 1. The van der Waals surface area contributed by atoms with Crippen molar-refractivity contribution in [2.75, 3.05) is 13.2 Å². The molecule has 1 N–H and O–H groups in total. The Morgan fingerprint density at radius 1 is 1.48 bits per heavy atom. The number of rotatable bonds is 4. The highest BCUT2D eigenvalue weighted by molar-refractivity contribution is 5.85. The molecule has 1 aliphatic rings. The predicted octanol–water partition coefficient (Wildman–Crippen LogP) is 2.53. The number of hydrogen-bond acceptors (Lipinski definition) is 3. The SMILES string of the molecule is CC1CN(Cc2cc(F)cc(C=CC(=O)O)c2)C(C)CO1. The summed E-state index contributed by atoms with van der Waals surface area (Å²) in [7, 11) is 0. The quantitative estimate of drug-likeness (QED) is 0.867. The highest BCUT2D eigenvalue weighted by atomic mass is 19.1. The third kappa shape index (κ3) is 4.65. The van der Waals surface area contributed by atoms with Crippen molar-refractivity contribution in [2.24, 2.45) is 0 Å². The molecule has 2 unspecified atom stereocenters. The van der Waals surface area contributed by atoms with Crippen LogP contribution in [0.25, 0.3) is 6.08 Å². The van der Waals surface area contributed by atoms with Gasteiger partial charge in [-0.1, -0.05) is 6.07 Å². The Labute approximate surface area is 123 Å². The lowest BCUT2D eigenvalue weighted by Crippen LogP contribution is -2.46. The molecule has 1 aromatic rings. The first kappa shape index (κ1) is 15.7. The molecule has 1 fully saturated rings. The highest BCUT2D eigenvalue weighted by Gasteiger charge is 2.23. The van der Waals surface area contributed by atoms with Gasteiger partial charge in [-0.05, 0) is 43.2 Å². The number of halogens is 1. The van der Waals surface area contributed by atoms with Gasteiger partial charge < -0.3 is 9.84 Å². The number of morpholine rings is 1. The lowest BCUT2D eigenvalue weighted by atomic mass is 10.1. The van der Waals surface area contributed by atoms with E-state index in [4.69, 9.17) is 9.84 Å². The predicted molar refractivity (Wildman–Crippen MR) is 78.4 cm³/mol. The molecule has 4 nitrogen and oxygen atoms in total. The number of aliphatic carboxylic acids is 1. The van der Waals surface area contributed by atoms with Crippen LogP contribution in [0.2, 0.25) is 0 Å². The topological polar surface area (TPSA) is 49.8 Å². The highest BCUT2D eigenvalue weighted by Crippen LogP contribution is 2.18. The number of ether oxygens (including phenoxy) is 1. The Hall–Kier alpha value is -1.72. The van der Waals surface area contributed by atoms with E-state index in [0.29, 0.717) is 18.7 Å². The fraction of sp³-hybridized carbons (Fsp3) is 0.438. The van der Waals surface area contributed by atoms with Crippen LogP contribution in [0, 0.1) is 5.82 Å². The van der Waals surface area contributed by atoms with E-state index in [-0.39, 0.29) is 18.0 Å². The van der Waals surface area contributed by atoms with E-state index in [1.165, 1.54) is 18.2 Å². The number of carboxylic acid groups (broad SMARTS) is 1. The van der Waals surface area contributed by atoms with Crippen LogP contribution >= 0.6 is 0 Å². The van der Waals surface area contributed by atoms with E-state index in [2.05, 4.69) is 11.8 Å². The van der Waals surface area contributed by atoms with Crippen LogP contribution in [-0.4, -0.2) is 41.3 Å².